The van der Waals surface area contributed by atoms with Crippen LogP contribution in [0.1, 0.15) is 18.4 Å². The lowest BCUT2D eigenvalue weighted by Gasteiger charge is -2.23. The molecular weight excluding hydrogens is 318 g/mol. The number of amides is 2. The Hall–Kier alpha value is -3.09. The number of rotatable bonds is 4. The molecule has 0 aliphatic carbocycles. The molecule has 7 nitrogen and oxygen atoms in total. The topological polar surface area (TPSA) is 83.0 Å². The highest BCUT2D eigenvalue weighted by Crippen LogP contribution is 2.26. The van der Waals surface area contributed by atoms with Crippen LogP contribution in [0.25, 0.3) is 10.9 Å². The van der Waals surface area contributed by atoms with Crippen LogP contribution in [0.4, 0.5) is 5.82 Å². The molecule has 1 aromatic carbocycles. The summed E-state index contributed by atoms with van der Waals surface area (Å²) in [6.07, 6.45) is 4.59. The minimum atomic E-state index is -0.469. The molecule has 2 aromatic heterocycles. The third kappa shape index (κ3) is 2.88. The molecule has 1 fully saturated rings. The van der Waals surface area contributed by atoms with Crippen molar-refractivity contribution in [2.75, 3.05) is 5.32 Å². The molecule has 1 saturated heterocycles. The van der Waals surface area contributed by atoms with Crippen molar-refractivity contribution < 1.29 is 9.59 Å². The summed E-state index contributed by atoms with van der Waals surface area (Å²) in [5.74, 6) is 0.315. The van der Waals surface area contributed by atoms with Crippen LogP contribution >= 0.6 is 0 Å². The van der Waals surface area contributed by atoms with Gasteiger partial charge < -0.3 is 15.2 Å². The minimum Gasteiger partial charge on any atom is -0.361 e. The second-order valence-corrected chi connectivity index (χ2v) is 6.30. The third-order valence-electron chi connectivity index (χ3n) is 4.61. The van der Waals surface area contributed by atoms with Crippen LogP contribution in [0.15, 0.2) is 42.7 Å². The van der Waals surface area contributed by atoms with Crippen molar-refractivity contribution in [2.24, 2.45) is 7.05 Å². The SMILES string of the molecule is Cn1ccc(NC(=O)C2CCC(=O)N2Cc2c[nH]c3ccccc23)n1. The molecule has 128 valence electrons. The predicted molar refractivity (Wildman–Crippen MR) is 93.7 cm³/mol. The number of aryl methyl sites for hydroxylation is 1. The van der Waals surface area contributed by atoms with Crippen molar-refractivity contribution >= 4 is 28.5 Å². The van der Waals surface area contributed by atoms with Gasteiger partial charge in [-0.2, -0.15) is 5.10 Å². The molecule has 4 rings (SSSR count). The Balaban J connectivity index is 1.54. The van der Waals surface area contributed by atoms with E-state index < -0.39 is 6.04 Å². The van der Waals surface area contributed by atoms with E-state index in [1.54, 1.807) is 28.9 Å². The number of carbonyl (C=O) groups excluding carboxylic acids is 2. The molecule has 0 bridgehead atoms. The number of hydrogen-bond donors (Lipinski definition) is 2. The molecular formula is C18H19N5O2. The number of anilines is 1. The Labute approximate surface area is 144 Å². The fraction of sp³-hybridized carbons (Fsp3) is 0.278. The first-order chi connectivity index (χ1) is 12.1. The van der Waals surface area contributed by atoms with Crippen LogP contribution in [0.2, 0.25) is 0 Å². The maximum Gasteiger partial charge on any atom is 0.248 e. The van der Waals surface area contributed by atoms with Gasteiger partial charge in [0.2, 0.25) is 11.8 Å². The van der Waals surface area contributed by atoms with Crippen molar-refractivity contribution in [3.8, 4) is 0 Å². The Morgan fingerprint density at radius 3 is 3.00 bits per heavy atom. The van der Waals surface area contributed by atoms with Crippen LogP contribution in [0.5, 0.6) is 0 Å². The van der Waals surface area contributed by atoms with Crippen LogP contribution in [-0.4, -0.2) is 37.5 Å². The first kappa shape index (κ1) is 15.4. The van der Waals surface area contributed by atoms with E-state index >= 15 is 0 Å². The maximum atomic E-state index is 12.6. The predicted octanol–water partition coefficient (Wildman–Crippen LogP) is 2.03. The Morgan fingerprint density at radius 1 is 1.36 bits per heavy atom. The maximum absolute atomic E-state index is 12.6. The molecule has 2 N–H and O–H groups in total. The molecule has 25 heavy (non-hydrogen) atoms. The fourth-order valence-corrected chi connectivity index (χ4v) is 3.34. The van der Waals surface area contributed by atoms with E-state index in [4.69, 9.17) is 0 Å². The monoisotopic (exact) mass is 337 g/mol. The average Bonchev–Trinajstić information content (AvgIpc) is 3.29. The number of fused-ring (bicyclic) bond motifs is 1. The molecule has 7 heteroatoms. The lowest BCUT2D eigenvalue weighted by atomic mass is 10.1. The molecule has 3 aromatic rings. The van der Waals surface area contributed by atoms with Crippen LogP contribution in [0, 0.1) is 0 Å². The van der Waals surface area contributed by atoms with Crippen molar-refractivity contribution in [1.29, 1.82) is 0 Å². The Kier molecular flexibility index (Phi) is 3.76. The van der Waals surface area contributed by atoms with E-state index in [1.807, 2.05) is 30.5 Å². The number of benzene rings is 1. The zero-order valence-electron chi connectivity index (χ0n) is 13.9. The summed E-state index contributed by atoms with van der Waals surface area (Å²) in [5.41, 5.74) is 2.04. The van der Waals surface area contributed by atoms with E-state index in [1.165, 1.54) is 0 Å². The smallest absolute Gasteiger partial charge is 0.248 e. The molecule has 0 saturated carbocycles. The van der Waals surface area contributed by atoms with Crippen LogP contribution < -0.4 is 5.32 Å². The lowest BCUT2D eigenvalue weighted by Crippen LogP contribution is -2.41. The average molecular weight is 337 g/mol. The first-order valence-corrected chi connectivity index (χ1v) is 8.27. The number of nitrogens with one attached hydrogen (secondary N) is 2. The number of para-hydroxylation sites is 1. The van der Waals surface area contributed by atoms with E-state index in [0.29, 0.717) is 25.2 Å². The highest BCUT2D eigenvalue weighted by Gasteiger charge is 2.36. The molecule has 2 amide bonds. The second kappa shape index (κ2) is 6.08. The van der Waals surface area contributed by atoms with Crippen LogP contribution in [-0.2, 0) is 23.2 Å². The zero-order valence-corrected chi connectivity index (χ0v) is 13.9. The quantitative estimate of drug-likeness (QED) is 0.764. The molecule has 1 aliphatic heterocycles. The number of nitrogens with zero attached hydrogens (tertiary/aromatic N) is 3. The summed E-state index contributed by atoms with van der Waals surface area (Å²) in [6, 6.07) is 9.21. The highest BCUT2D eigenvalue weighted by molar-refractivity contribution is 5.98. The fourth-order valence-electron chi connectivity index (χ4n) is 3.34. The second-order valence-electron chi connectivity index (χ2n) is 6.30. The van der Waals surface area contributed by atoms with Crippen LogP contribution in [0.3, 0.4) is 0 Å². The molecule has 0 spiro atoms. The van der Waals surface area contributed by atoms with Gasteiger partial charge in [0, 0.05) is 49.4 Å². The largest absolute Gasteiger partial charge is 0.361 e. The summed E-state index contributed by atoms with van der Waals surface area (Å²) in [6.45, 7) is 0.420. The van der Waals surface area contributed by atoms with Gasteiger partial charge in [-0.1, -0.05) is 18.2 Å². The molecule has 3 heterocycles. The van der Waals surface area contributed by atoms with Gasteiger partial charge in [0.1, 0.15) is 6.04 Å². The molecule has 0 radical (unpaired) electrons. The molecule has 1 aliphatic rings. The van der Waals surface area contributed by atoms with Crippen molar-refractivity contribution in [3.05, 3.63) is 48.3 Å². The van der Waals surface area contributed by atoms with E-state index in [-0.39, 0.29) is 11.8 Å². The summed E-state index contributed by atoms with van der Waals surface area (Å²) >= 11 is 0. The van der Waals surface area contributed by atoms with Gasteiger partial charge in [0.25, 0.3) is 0 Å². The van der Waals surface area contributed by atoms with Gasteiger partial charge in [0.05, 0.1) is 0 Å². The normalized spacial score (nSPS) is 17.4. The number of carbonyl (C=O) groups is 2. The van der Waals surface area contributed by atoms with Gasteiger partial charge in [-0.05, 0) is 18.1 Å². The van der Waals surface area contributed by atoms with E-state index in [9.17, 15) is 9.59 Å². The molecule has 1 atom stereocenters. The standard InChI is InChI=1S/C18H19N5O2/c1-22-9-8-16(21-22)20-18(25)15-6-7-17(24)23(15)11-12-10-19-14-5-3-2-4-13(12)14/h2-5,8-10,15,19H,6-7,11H2,1H3,(H,20,21,25). The molecule has 1 unspecified atom stereocenters. The minimum absolute atomic E-state index is 0.00597. The van der Waals surface area contributed by atoms with Gasteiger partial charge >= 0.3 is 0 Å². The number of H-pyrrole nitrogens is 1. The van der Waals surface area contributed by atoms with Gasteiger partial charge in [-0.3, -0.25) is 14.3 Å². The van der Waals surface area contributed by atoms with Gasteiger partial charge in [-0.25, -0.2) is 0 Å². The number of aromatic nitrogens is 3. The Bertz CT molecular complexity index is 942. The summed E-state index contributed by atoms with van der Waals surface area (Å²) in [7, 11) is 1.79. The lowest BCUT2D eigenvalue weighted by molar-refractivity contribution is -0.133. The zero-order chi connectivity index (χ0) is 17.4. The van der Waals surface area contributed by atoms with Crippen molar-refractivity contribution in [1.82, 2.24) is 19.7 Å². The summed E-state index contributed by atoms with van der Waals surface area (Å²) in [5, 5.41) is 8.03. The van der Waals surface area contributed by atoms with E-state index in [0.717, 1.165) is 16.5 Å². The third-order valence-corrected chi connectivity index (χ3v) is 4.61. The summed E-state index contributed by atoms with van der Waals surface area (Å²) < 4.78 is 1.62. The first-order valence-electron chi connectivity index (χ1n) is 8.27. The van der Waals surface area contributed by atoms with Crippen molar-refractivity contribution in [3.63, 3.8) is 0 Å². The highest BCUT2D eigenvalue weighted by atomic mass is 16.2. The Morgan fingerprint density at radius 2 is 2.20 bits per heavy atom. The van der Waals surface area contributed by atoms with Gasteiger partial charge in [0.15, 0.2) is 5.82 Å². The number of likely N-dealkylation sites (tertiary alicyclic amines) is 1. The van der Waals surface area contributed by atoms with Gasteiger partial charge in [-0.15, -0.1) is 0 Å². The number of hydrogen-bond acceptors (Lipinski definition) is 3. The number of aromatic amines is 1. The summed E-state index contributed by atoms with van der Waals surface area (Å²) in [4.78, 5) is 29.8. The van der Waals surface area contributed by atoms with E-state index in [2.05, 4.69) is 15.4 Å². The van der Waals surface area contributed by atoms with Crippen molar-refractivity contribution in [2.45, 2.75) is 25.4 Å².